The summed E-state index contributed by atoms with van der Waals surface area (Å²) in [6, 6.07) is 12.2. The predicted octanol–water partition coefficient (Wildman–Crippen LogP) is 2.81. The average molecular weight is 375 g/mol. The highest BCUT2D eigenvalue weighted by Gasteiger charge is 2.17. The van der Waals surface area contributed by atoms with Gasteiger partial charge in [-0.1, -0.05) is 12.1 Å². The summed E-state index contributed by atoms with van der Waals surface area (Å²) in [6.07, 6.45) is 4.83. The van der Waals surface area contributed by atoms with E-state index in [0.29, 0.717) is 29.1 Å². The first-order chi connectivity index (χ1) is 13.6. The van der Waals surface area contributed by atoms with Gasteiger partial charge in [0, 0.05) is 24.6 Å². The molecular weight excluding hydrogens is 358 g/mol. The summed E-state index contributed by atoms with van der Waals surface area (Å²) in [4.78, 5) is 28.8. The molecule has 0 unspecified atom stereocenters. The van der Waals surface area contributed by atoms with Crippen LogP contribution >= 0.6 is 0 Å². The Hall–Kier alpha value is -3.94. The van der Waals surface area contributed by atoms with E-state index in [9.17, 15) is 9.59 Å². The van der Waals surface area contributed by atoms with Gasteiger partial charge in [0.25, 0.3) is 11.8 Å². The minimum Gasteiger partial charge on any atom is -0.459 e. The number of benzene rings is 1. The van der Waals surface area contributed by atoms with Crippen LogP contribution in [0.1, 0.15) is 32.2 Å². The van der Waals surface area contributed by atoms with E-state index < -0.39 is 0 Å². The van der Waals surface area contributed by atoms with Crippen LogP contribution in [-0.4, -0.2) is 26.4 Å². The Kier molecular flexibility index (Phi) is 4.59. The van der Waals surface area contributed by atoms with E-state index in [-0.39, 0.29) is 17.6 Å². The lowest BCUT2D eigenvalue weighted by molar-refractivity contribution is 0.0950. The molecular formula is C20H17N5O3. The molecule has 0 saturated carbocycles. The molecule has 4 aromatic rings. The fraction of sp³-hybridized carbons (Fsp3) is 0.100. The van der Waals surface area contributed by atoms with Crippen molar-refractivity contribution in [3.63, 3.8) is 0 Å². The smallest absolute Gasteiger partial charge is 0.291 e. The molecule has 2 amide bonds. The molecule has 3 aromatic heterocycles. The maximum atomic E-state index is 12.6. The number of aryl methyl sites for hydroxylation is 1. The standard InChI is InChI=1S/C20H17N5O3/c1-13-17(18-21-9-3-10-25(18)24-13)20(27)22-12-14-5-7-15(8-6-14)23-19(26)16-4-2-11-28-16/h2-11H,12H2,1H3,(H,22,27)(H,23,26). The van der Waals surface area contributed by atoms with Crippen LogP contribution in [0.4, 0.5) is 5.69 Å². The zero-order valence-corrected chi connectivity index (χ0v) is 15.0. The molecule has 140 valence electrons. The first-order valence-corrected chi connectivity index (χ1v) is 8.64. The lowest BCUT2D eigenvalue weighted by atomic mass is 10.2. The molecule has 0 spiro atoms. The lowest BCUT2D eigenvalue weighted by Gasteiger charge is -2.07. The Morgan fingerprint density at radius 3 is 2.68 bits per heavy atom. The van der Waals surface area contributed by atoms with Crippen molar-refractivity contribution in [1.82, 2.24) is 19.9 Å². The van der Waals surface area contributed by atoms with Crippen molar-refractivity contribution in [2.24, 2.45) is 0 Å². The van der Waals surface area contributed by atoms with Crippen molar-refractivity contribution in [1.29, 1.82) is 0 Å². The zero-order chi connectivity index (χ0) is 19.5. The largest absolute Gasteiger partial charge is 0.459 e. The Balaban J connectivity index is 1.40. The molecule has 0 fully saturated rings. The van der Waals surface area contributed by atoms with Crippen molar-refractivity contribution in [3.05, 3.63) is 83.7 Å². The summed E-state index contributed by atoms with van der Waals surface area (Å²) < 4.78 is 6.64. The molecule has 28 heavy (non-hydrogen) atoms. The normalized spacial score (nSPS) is 10.8. The number of anilines is 1. The number of nitrogens with one attached hydrogen (secondary N) is 2. The minimum atomic E-state index is -0.317. The fourth-order valence-electron chi connectivity index (χ4n) is 2.84. The third kappa shape index (κ3) is 3.48. The second-order valence-corrected chi connectivity index (χ2v) is 6.16. The molecule has 8 heteroatoms. The van der Waals surface area contributed by atoms with Crippen molar-refractivity contribution >= 4 is 23.1 Å². The van der Waals surface area contributed by atoms with E-state index in [1.54, 1.807) is 54.2 Å². The van der Waals surface area contributed by atoms with Crippen molar-refractivity contribution in [3.8, 4) is 0 Å². The van der Waals surface area contributed by atoms with Gasteiger partial charge in [-0.2, -0.15) is 5.10 Å². The molecule has 2 N–H and O–H groups in total. The molecule has 0 bridgehead atoms. The maximum absolute atomic E-state index is 12.6. The summed E-state index contributed by atoms with van der Waals surface area (Å²) in [5.41, 5.74) is 3.13. The van der Waals surface area contributed by atoms with Crippen molar-refractivity contribution in [2.75, 3.05) is 5.32 Å². The van der Waals surface area contributed by atoms with Crippen molar-refractivity contribution in [2.45, 2.75) is 13.5 Å². The summed E-state index contributed by atoms with van der Waals surface area (Å²) >= 11 is 0. The molecule has 0 aliphatic rings. The second kappa shape index (κ2) is 7.36. The van der Waals surface area contributed by atoms with E-state index >= 15 is 0 Å². The number of hydrogen-bond acceptors (Lipinski definition) is 5. The van der Waals surface area contributed by atoms with E-state index in [1.165, 1.54) is 6.26 Å². The Labute approximate surface area is 160 Å². The quantitative estimate of drug-likeness (QED) is 0.558. The molecule has 8 nitrogen and oxygen atoms in total. The van der Waals surface area contributed by atoms with Gasteiger partial charge >= 0.3 is 0 Å². The van der Waals surface area contributed by atoms with Crippen LogP contribution in [0.5, 0.6) is 0 Å². The van der Waals surface area contributed by atoms with E-state index in [2.05, 4.69) is 20.7 Å². The first kappa shape index (κ1) is 17.5. The van der Waals surface area contributed by atoms with Gasteiger partial charge in [0.1, 0.15) is 5.56 Å². The molecule has 0 atom stereocenters. The Bertz CT molecular complexity index is 1130. The molecule has 0 aliphatic carbocycles. The topological polar surface area (TPSA) is 102 Å². The number of amides is 2. The van der Waals surface area contributed by atoms with Gasteiger partial charge in [-0.3, -0.25) is 9.59 Å². The number of carbonyl (C=O) groups is 2. The predicted molar refractivity (Wildman–Crippen MR) is 102 cm³/mol. The summed E-state index contributed by atoms with van der Waals surface area (Å²) in [7, 11) is 0. The van der Waals surface area contributed by atoms with Crippen LogP contribution in [0.15, 0.2) is 65.5 Å². The SMILES string of the molecule is Cc1nn2cccnc2c1C(=O)NCc1ccc(NC(=O)c2ccco2)cc1. The molecule has 0 radical (unpaired) electrons. The number of nitrogens with zero attached hydrogens (tertiary/aromatic N) is 3. The van der Waals surface area contributed by atoms with E-state index in [0.717, 1.165) is 5.56 Å². The number of hydrogen-bond donors (Lipinski definition) is 2. The summed E-state index contributed by atoms with van der Waals surface area (Å²) in [6.45, 7) is 2.12. The number of rotatable bonds is 5. The first-order valence-electron chi connectivity index (χ1n) is 8.64. The van der Waals surface area contributed by atoms with Crippen LogP contribution < -0.4 is 10.6 Å². The molecule has 0 saturated heterocycles. The Morgan fingerprint density at radius 2 is 1.93 bits per heavy atom. The zero-order valence-electron chi connectivity index (χ0n) is 15.0. The molecule has 4 rings (SSSR count). The van der Waals surface area contributed by atoms with Crippen molar-refractivity contribution < 1.29 is 14.0 Å². The average Bonchev–Trinajstić information content (AvgIpc) is 3.34. The lowest BCUT2D eigenvalue weighted by Crippen LogP contribution is -2.23. The van der Waals surface area contributed by atoms with Crippen LogP contribution in [0.2, 0.25) is 0 Å². The molecule has 0 aliphatic heterocycles. The number of fused-ring (bicyclic) bond motifs is 1. The third-order valence-corrected chi connectivity index (χ3v) is 4.21. The van der Waals surface area contributed by atoms with Gasteiger partial charge in [-0.05, 0) is 42.8 Å². The minimum absolute atomic E-state index is 0.235. The monoisotopic (exact) mass is 375 g/mol. The van der Waals surface area contributed by atoms with Gasteiger partial charge in [-0.15, -0.1) is 0 Å². The van der Waals surface area contributed by atoms with E-state index in [1.807, 2.05) is 12.1 Å². The van der Waals surface area contributed by atoms with Crippen LogP contribution in [0.3, 0.4) is 0 Å². The second-order valence-electron chi connectivity index (χ2n) is 6.16. The maximum Gasteiger partial charge on any atom is 0.291 e. The van der Waals surface area contributed by atoms with Gasteiger partial charge in [0.2, 0.25) is 0 Å². The number of aromatic nitrogens is 3. The molecule has 1 aromatic carbocycles. The molecule has 3 heterocycles. The summed E-state index contributed by atoms with van der Waals surface area (Å²) in [5, 5.41) is 9.92. The fourth-order valence-corrected chi connectivity index (χ4v) is 2.84. The van der Waals surface area contributed by atoms with Gasteiger partial charge in [0.15, 0.2) is 11.4 Å². The highest BCUT2D eigenvalue weighted by Crippen LogP contribution is 2.14. The van der Waals surface area contributed by atoms with Gasteiger partial charge in [-0.25, -0.2) is 9.50 Å². The highest BCUT2D eigenvalue weighted by molar-refractivity contribution is 6.02. The van der Waals surface area contributed by atoms with Gasteiger partial charge in [0.05, 0.1) is 12.0 Å². The van der Waals surface area contributed by atoms with Gasteiger partial charge < -0.3 is 15.1 Å². The summed E-state index contributed by atoms with van der Waals surface area (Å²) in [5.74, 6) is -0.308. The van der Waals surface area contributed by atoms with Crippen LogP contribution in [0, 0.1) is 6.92 Å². The van der Waals surface area contributed by atoms with E-state index in [4.69, 9.17) is 4.42 Å². The highest BCUT2D eigenvalue weighted by atomic mass is 16.3. The van der Waals surface area contributed by atoms with Crippen LogP contribution in [-0.2, 0) is 6.54 Å². The number of furan rings is 1. The third-order valence-electron chi connectivity index (χ3n) is 4.21. The Morgan fingerprint density at radius 1 is 1.11 bits per heavy atom. The number of carbonyl (C=O) groups excluding carboxylic acids is 2. The van der Waals surface area contributed by atoms with Crippen LogP contribution in [0.25, 0.3) is 5.65 Å².